The lowest BCUT2D eigenvalue weighted by atomic mass is 9.91. The van der Waals surface area contributed by atoms with Gasteiger partial charge in [-0.1, -0.05) is 17.4 Å². The maximum atomic E-state index is 11.1. The summed E-state index contributed by atoms with van der Waals surface area (Å²) in [4.78, 5) is 15.1. The minimum atomic E-state index is -0.791. The number of rotatable bonds is 3. The van der Waals surface area contributed by atoms with E-state index in [0.29, 0.717) is 29.7 Å². The molecule has 2 aromatic rings. The fraction of sp³-hybridized carbons (Fsp3) is 0.267. The number of carboxylic acid groups (broad SMARTS) is 1. The summed E-state index contributed by atoms with van der Waals surface area (Å²) in [6, 6.07) is 3.60. The number of carboxylic acids is 1. The van der Waals surface area contributed by atoms with E-state index in [-0.39, 0.29) is 6.04 Å². The summed E-state index contributed by atoms with van der Waals surface area (Å²) in [6.07, 6.45) is 9.69. The highest BCUT2D eigenvalue weighted by Crippen LogP contribution is 2.28. The zero-order valence-electron chi connectivity index (χ0n) is 11.6. The maximum Gasteiger partial charge on any atom is 0.306 e. The molecule has 0 spiro atoms. The first kappa shape index (κ1) is 13.9. The number of pyridine rings is 1. The molecule has 1 N–H and O–H groups in total. The summed E-state index contributed by atoms with van der Waals surface area (Å²) in [5.74, 6) is -1.19. The SMILES string of the molecule is N#Cc1cncc(-c2cn([C@@H]3C=CC[C@@H](C(=O)O)C3)nn2)c1. The number of hydrogen-bond donors (Lipinski definition) is 1. The normalized spacial score (nSPS) is 20.5. The van der Waals surface area contributed by atoms with Crippen molar-refractivity contribution in [1.82, 2.24) is 20.0 Å². The largest absolute Gasteiger partial charge is 0.481 e. The second kappa shape index (κ2) is 5.77. The average Bonchev–Trinajstić information content (AvgIpc) is 3.05. The highest BCUT2D eigenvalue weighted by Gasteiger charge is 2.25. The van der Waals surface area contributed by atoms with Gasteiger partial charge in [0.25, 0.3) is 0 Å². The lowest BCUT2D eigenvalue weighted by Crippen LogP contribution is -2.22. The van der Waals surface area contributed by atoms with E-state index in [1.807, 2.05) is 18.2 Å². The molecule has 0 aliphatic heterocycles. The van der Waals surface area contributed by atoms with E-state index < -0.39 is 11.9 Å². The van der Waals surface area contributed by atoms with Gasteiger partial charge in [-0.2, -0.15) is 5.26 Å². The van der Waals surface area contributed by atoms with Crippen molar-refractivity contribution in [2.45, 2.75) is 18.9 Å². The Bertz CT molecular complexity index is 774. The maximum absolute atomic E-state index is 11.1. The van der Waals surface area contributed by atoms with Gasteiger partial charge >= 0.3 is 5.97 Å². The zero-order chi connectivity index (χ0) is 15.5. The van der Waals surface area contributed by atoms with Crippen molar-refractivity contribution in [3.05, 3.63) is 42.4 Å². The average molecular weight is 295 g/mol. The first-order valence-corrected chi connectivity index (χ1v) is 6.84. The summed E-state index contributed by atoms with van der Waals surface area (Å²) in [5, 5.41) is 26.2. The summed E-state index contributed by atoms with van der Waals surface area (Å²) >= 11 is 0. The highest BCUT2D eigenvalue weighted by atomic mass is 16.4. The fourth-order valence-electron chi connectivity index (χ4n) is 2.48. The molecule has 2 atom stereocenters. The van der Waals surface area contributed by atoms with E-state index in [2.05, 4.69) is 15.3 Å². The molecular formula is C15H13N5O2. The third kappa shape index (κ3) is 2.72. The van der Waals surface area contributed by atoms with Gasteiger partial charge < -0.3 is 5.11 Å². The van der Waals surface area contributed by atoms with Crippen LogP contribution in [-0.4, -0.2) is 31.1 Å². The first-order chi connectivity index (χ1) is 10.7. The van der Waals surface area contributed by atoms with Crippen molar-refractivity contribution < 1.29 is 9.90 Å². The first-order valence-electron chi connectivity index (χ1n) is 6.84. The summed E-state index contributed by atoms with van der Waals surface area (Å²) in [5.41, 5.74) is 1.77. The van der Waals surface area contributed by atoms with Crippen LogP contribution >= 0.6 is 0 Å². The minimum Gasteiger partial charge on any atom is -0.481 e. The number of aromatic nitrogens is 4. The molecule has 0 saturated carbocycles. The van der Waals surface area contributed by atoms with E-state index in [1.54, 1.807) is 23.1 Å². The molecule has 110 valence electrons. The lowest BCUT2D eigenvalue weighted by molar-refractivity contribution is -0.142. The molecule has 0 aromatic carbocycles. The van der Waals surface area contributed by atoms with Gasteiger partial charge in [0.1, 0.15) is 11.8 Å². The van der Waals surface area contributed by atoms with Gasteiger partial charge in [0.2, 0.25) is 0 Å². The summed E-state index contributed by atoms with van der Waals surface area (Å²) < 4.78 is 1.65. The molecule has 2 heterocycles. The standard InChI is InChI=1S/C15H13N5O2/c16-6-10-4-12(8-17-7-10)14-9-20(19-18-14)13-3-1-2-11(5-13)15(21)22/h1,3-4,7-9,11,13H,2,5H2,(H,21,22)/t11-,13-/m1/s1. The third-order valence-electron chi connectivity index (χ3n) is 3.67. The molecule has 3 rings (SSSR count). The van der Waals surface area contributed by atoms with Crippen molar-refractivity contribution in [3.63, 3.8) is 0 Å². The third-order valence-corrected chi connectivity index (χ3v) is 3.67. The Hall–Kier alpha value is -3.01. The minimum absolute atomic E-state index is 0.122. The molecule has 0 saturated heterocycles. The van der Waals surface area contributed by atoms with Crippen molar-refractivity contribution in [1.29, 1.82) is 5.26 Å². The van der Waals surface area contributed by atoms with Gasteiger partial charge in [-0.05, 0) is 18.9 Å². The van der Waals surface area contributed by atoms with Crippen LogP contribution in [0.4, 0.5) is 0 Å². The zero-order valence-corrected chi connectivity index (χ0v) is 11.6. The van der Waals surface area contributed by atoms with Crippen LogP contribution < -0.4 is 0 Å². The fourth-order valence-corrected chi connectivity index (χ4v) is 2.48. The van der Waals surface area contributed by atoms with Crippen molar-refractivity contribution in [3.8, 4) is 17.3 Å². The highest BCUT2D eigenvalue weighted by molar-refractivity contribution is 5.70. The number of aliphatic carboxylic acids is 1. The van der Waals surface area contributed by atoms with Crippen LogP contribution in [0.25, 0.3) is 11.3 Å². The van der Waals surface area contributed by atoms with E-state index in [9.17, 15) is 4.79 Å². The van der Waals surface area contributed by atoms with Crippen LogP contribution in [0.2, 0.25) is 0 Å². The molecule has 2 aromatic heterocycles. The van der Waals surface area contributed by atoms with Gasteiger partial charge in [-0.15, -0.1) is 5.10 Å². The van der Waals surface area contributed by atoms with Crippen LogP contribution in [-0.2, 0) is 4.79 Å². The molecule has 0 radical (unpaired) electrons. The number of nitrogens with zero attached hydrogens (tertiary/aromatic N) is 5. The van der Waals surface area contributed by atoms with Gasteiger partial charge in [-0.25, -0.2) is 4.68 Å². The van der Waals surface area contributed by atoms with Crippen molar-refractivity contribution in [2.24, 2.45) is 5.92 Å². The Balaban J connectivity index is 1.85. The predicted octanol–water partition coefficient (Wildman–Crippen LogP) is 1.80. The number of nitriles is 1. The van der Waals surface area contributed by atoms with E-state index >= 15 is 0 Å². The molecule has 22 heavy (non-hydrogen) atoms. The second-order valence-corrected chi connectivity index (χ2v) is 5.16. The molecule has 0 fully saturated rings. The van der Waals surface area contributed by atoms with Gasteiger partial charge in [0.05, 0.1) is 23.7 Å². The molecule has 1 aliphatic rings. The monoisotopic (exact) mass is 295 g/mol. The van der Waals surface area contributed by atoms with Gasteiger partial charge in [0, 0.05) is 18.0 Å². The Morgan fingerprint density at radius 3 is 3.09 bits per heavy atom. The van der Waals surface area contributed by atoms with Crippen LogP contribution in [0, 0.1) is 17.2 Å². The summed E-state index contributed by atoms with van der Waals surface area (Å²) in [6.45, 7) is 0. The van der Waals surface area contributed by atoms with E-state index in [1.165, 1.54) is 6.20 Å². The molecule has 7 heteroatoms. The topological polar surface area (TPSA) is 105 Å². The number of hydrogen-bond acceptors (Lipinski definition) is 5. The van der Waals surface area contributed by atoms with Gasteiger partial charge in [-0.3, -0.25) is 9.78 Å². The molecule has 1 aliphatic carbocycles. The molecule has 0 bridgehead atoms. The summed E-state index contributed by atoms with van der Waals surface area (Å²) in [7, 11) is 0. The van der Waals surface area contributed by atoms with Crippen LogP contribution in [0.15, 0.2) is 36.8 Å². The van der Waals surface area contributed by atoms with Crippen molar-refractivity contribution >= 4 is 5.97 Å². The number of carbonyl (C=O) groups is 1. The van der Waals surface area contributed by atoms with E-state index in [4.69, 9.17) is 10.4 Å². The quantitative estimate of drug-likeness (QED) is 0.866. The molecule has 0 unspecified atom stereocenters. The predicted molar refractivity (Wildman–Crippen MR) is 76.5 cm³/mol. The Morgan fingerprint density at radius 1 is 1.45 bits per heavy atom. The smallest absolute Gasteiger partial charge is 0.306 e. The second-order valence-electron chi connectivity index (χ2n) is 5.16. The van der Waals surface area contributed by atoms with Crippen LogP contribution in [0.1, 0.15) is 24.4 Å². The Morgan fingerprint density at radius 2 is 2.32 bits per heavy atom. The van der Waals surface area contributed by atoms with Crippen LogP contribution in [0.3, 0.4) is 0 Å². The molecular weight excluding hydrogens is 282 g/mol. The van der Waals surface area contributed by atoms with Crippen LogP contribution in [0.5, 0.6) is 0 Å². The Labute approximate surface area is 126 Å². The number of allylic oxidation sites excluding steroid dienone is 2. The van der Waals surface area contributed by atoms with Crippen molar-refractivity contribution in [2.75, 3.05) is 0 Å². The van der Waals surface area contributed by atoms with E-state index in [0.717, 1.165) is 0 Å². The van der Waals surface area contributed by atoms with Gasteiger partial charge in [0.15, 0.2) is 0 Å². The Kier molecular flexibility index (Phi) is 3.66. The lowest BCUT2D eigenvalue weighted by Gasteiger charge is -2.21. The molecule has 7 nitrogen and oxygen atoms in total. The molecule has 0 amide bonds.